The molecule has 4 aromatic rings. The Bertz CT molecular complexity index is 1070. The number of nitrogens with zero attached hydrogens (tertiary/aromatic N) is 1. The summed E-state index contributed by atoms with van der Waals surface area (Å²) in [4.78, 5) is 6.06. The Kier molecular flexibility index (Phi) is 3.12. The van der Waals surface area contributed by atoms with Gasteiger partial charge in [0, 0.05) is 21.5 Å². The van der Waals surface area contributed by atoms with E-state index in [-0.39, 0.29) is 0 Å². The van der Waals surface area contributed by atoms with Crippen LogP contribution in [-0.4, -0.2) is 4.98 Å². The molecule has 0 spiro atoms. The number of fused-ring (bicyclic) bond motifs is 5. The van der Waals surface area contributed by atoms with E-state index in [1.54, 1.807) is 11.3 Å². The molecule has 0 amide bonds. The van der Waals surface area contributed by atoms with Crippen molar-refractivity contribution in [1.29, 1.82) is 0 Å². The number of ether oxygens (including phenoxy) is 1. The summed E-state index contributed by atoms with van der Waals surface area (Å²) in [5.41, 5.74) is 3.20. The minimum atomic E-state index is 0.571. The van der Waals surface area contributed by atoms with E-state index in [0.29, 0.717) is 6.61 Å². The van der Waals surface area contributed by atoms with Crippen LogP contribution in [0.5, 0.6) is 5.75 Å². The standard InChI is InChI=1S/C20H12ClNOS/c21-14-8-5-13(6-9-14)20-22-18-16-10-7-12-3-1-2-4-15(12)19(16)23-11-17(18)24-20/h1-10H,11H2. The molecule has 4 heteroatoms. The lowest BCUT2D eigenvalue weighted by molar-refractivity contribution is 0.309. The smallest absolute Gasteiger partial charge is 0.137 e. The van der Waals surface area contributed by atoms with Crippen LogP contribution in [0.2, 0.25) is 5.02 Å². The second kappa shape index (κ2) is 5.33. The predicted octanol–water partition coefficient (Wildman–Crippen LogP) is 6.18. The number of thiazole rings is 1. The van der Waals surface area contributed by atoms with Crippen LogP contribution in [-0.2, 0) is 6.61 Å². The molecule has 1 aromatic heterocycles. The van der Waals surface area contributed by atoms with Crippen LogP contribution < -0.4 is 4.74 Å². The minimum Gasteiger partial charge on any atom is -0.487 e. The van der Waals surface area contributed by atoms with Crippen LogP contribution >= 0.6 is 22.9 Å². The summed E-state index contributed by atoms with van der Waals surface area (Å²) in [5, 5.41) is 4.07. The van der Waals surface area contributed by atoms with Gasteiger partial charge in [-0.3, -0.25) is 0 Å². The van der Waals surface area contributed by atoms with Gasteiger partial charge < -0.3 is 4.74 Å². The molecule has 24 heavy (non-hydrogen) atoms. The summed E-state index contributed by atoms with van der Waals surface area (Å²) in [7, 11) is 0. The number of halogens is 1. The number of benzene rings is 3. The van der Waals surface area contributed by atoms with Gasteiger partial charge in [-0.2, -0.15) is 0 Å². The molecule has 5 rings (SSSR count). The zero-order chi connectivity index (χ0) is 16.1. The lowest BCUT2D eigenvalue weighted by Gasteiger charge is -2.18. The number of rotatable bonds is 1. The third kappa shape index (κ3) is 2.13. The number of hydrogen-bond donors (Lipinski definition) is 0. The second-order valence-electron chi connectivity index (χ2n) is 5.75. The average Bonchev–Trinajstić information content (AvgIpc) is 3.06. The topological polar surface area (TPSA) is 22.1 Å². The zero-order valence-electron chi connectivity index (χ0n) is 12.6. The Morgan fingerprint density at radius 3 is 2.67 bits per heavy atom. The first-order valence-corrected chi connectivity index (χ1v) is 8.89. The number of aromatic nitrogens is 1. The Hall–Kier alpha value is -2.36. The third-order valence-electron chi connectivity index (χ3n) is 4.27. The van der Waals surface area contributed by atoms with Crippen molar-refractivity contribution in [2.45, 2.75) is 6.61 Å². The molecule has 1 aliphatic heterocycles. The molecule has 1 aliphatic rings. The van der Waals surface area contributed by atoms with Gasteiger partial charge in [0.15, 0.2) is 0 Å². The van der Waals surface area contributed by atoms with Crippen LogP contribution in [0, 0.1) is 0 Å². The first kappa shape index (κ1) is 14.0. The van der Waals surface area contributed by atoms with Gasteiger partial charge in [0.05, 0.1) is 10.6 Å². The molecule has 0 bridgehead atoms. The van der Waals surface area contributed by atoms with E-state index in [9.17, 15) is 0 Å². The molecule has 0 aliphatic carbocycles. The van der Waals surface area contributed by atoms with Crippen molar-refractivity contribution < 1.29 is 4.74 Å². The Balaban J connectivity index is 1.69. The summed E-state index contributed by atoms with van der Waals surface area (Å²) >= 11 is 7.67. The highest BCUT2D eigenvalue weighted by Crippen LogP contribution is 2.45. The van der Waals surface area contributed by atoms with E-state index >= 15 is 0 Å². The van der Waals surface area contributed by atoms with E-state index in [2.05, 4.69) is 24.3 Å². The van der Waals surface area contributed by atoms with E-state index in [4.69, 9.17) is 21.3 Å². The first-order valence-electron chi connectivity index (χ1n) is 7.70. The van der Waals surface area contributed by atoms with E-state index in [1.807, 2.05) is 36.4 Å². The van der Waals surface area contributed by atoms with Gasteiger partial charge in [0.2, 0.25) is 0 Å². The van der Waals surface area contributed by atoms with Crippen molar-refractivity contribution in [3.8, 4) is 27.6 Å². The summed E-state index contributed by atoms with van der Waals surface area (Å²) in [6.45, 7) is 0.571. The van der Waals surface area contributed by atoms with E-state index < -0.39 is 0 Å². The van der Waals surface area contributed by atoms with Crippen molar-refractivity contribution >= 4 is 33.7 Å². The highest BCUT2D eigenvalue weighted by atomic mass is 35.5. The molecule has 0 atom stereocenters. The summed E-state index contributed by atoms with van der Waals surface area (Å²) < 4.78 is 6.08. The maximum Gasteiger partial charge on any atom is 0.137 e. The average molecular weight is 350 g/mol. The van der Waals surface area contributed by atoms with Crippen LogP contribution in [0.3, 0.4) is 0 Å². The summed E-state index contributed by atoms with van der Waals surface area (Å²) in [6, 6.07) is 20.4. The summed E-state index contributed by atoms with van der Waals surface area (Å²) in [5.74, 6) is 0.938. The van der Waals surface area contributed by atoms with Crippen molar-refractivity contribution in [3.63, 3.8) is 0 Å². The van der Waals surface area contributed by atoms with Gasteiger partial charge in [-0.15, -0.1) is 11.3 Å². The monoisotopic (exact) mass is 349 g/mol. The SMILES string of the molecule is Clc1ccc(-c2nc3c(s2)COc2c-3ccc3ccccc23)cc1. The van der Waals surface area contributed by atoms with Crippen molar-refractivity contribution in [1.82, 2.24) is 4.98 Å². The molecule has 0 unspecified atom stereocenters. The molecular weight excluding hydrogens is 338 g/mol. The van der Waals surface area contributed by atoms with Crippen LogP contribution in [0.15, 0.2) is 60.7 Å². The van der Waals surface area contributed by atoms with Gasteiger partial charge in [0.25, 0.3) is 0 Å². The van der Waals surface area contributed by atoms with Crippen molar-refractivity contribution in [3.05, 3.63) is 70.6 Å². The normalized spacial score (nSPS) is 12.5. The molecule has 0 fully saturated rings. The van der Waals surface area contributed by atoms with Gasteiger partial charge in [-0.1, -0.05) is 54.1 Å². The molecule has 2 nitrogen and oxygen atoms in total. The maximum atomic E-state index is 6.08. The minimum absolute atomic E-state index is 0.571. The second-order valence-corrected chi connectivity index (χ2v) is 7.27. The van der Waals surface area contributed by atoms with Crippen LogP contribution in [0.1, 0.15) is 4.88 Å². The van der Waals surface area contributed by atoms with Crippen LogP contribution in [0.25, 0.3) is 32.6 Å². The third-order valence-corrected chi connectivity index (χ3v) is 5.60. The number of hydrogen-bond acceptors (Lipinski definition) is 3. The van der Waals surface area contributed by atoms with Gasteiger partial charge in [0.1, 0.15) is 17.4 Å². The molecule has 3 aromatic carbocycles. The fourth-order valence-corrected chi connectivity index (χ4v) is 4.22. The molecular formula is C20H12ClNOS. The fourth-order valence-electron chi connectivity index (χ4n) is 3.10. The Morgan fingerprint density at radius 1 is 0.958 bits per heavy atom. The largest absolute Gasteiger partial charge is 0.487 e. The molecule has 0 N–H and O–H groups in total. The fraction of sp³-hybridized carbons (Fsp3) is 0.0500. The molecule has 116 valence electrons. The predicted molar refractivity (Wildman–Crippen MR) is 99.8 cm³/mol. The molecule has 0 saturated carbocycles. The van der Waals surface area contributed by atoms with Gasteiger partial charge in [-0.05, 0) is 23.6 Å². The summed E-state index contributed by atoms with van der Waals surface area (Å²) in [6.07, 6.45) is 0. The van der Waals surface area contributed by atoms with Crippen molar-refractivity contribution in [2.24, 2.45) is 0 Å². The molecule has 2 heterocycles. The zero-order valence-corrected chi connectivity index (χ0v) is 14.2. The lowest BCUT2D eigenvalue weighted by Crippen LogP contribution is -2.03. The van der Waals surface area contributed by atoms with Crippen LogP contribution in [0.4, 0.5) is 0 Å². The quantitative estimate of drug-likeness (QED) is 0.409. The van der Waals surface area contributed by atoms with Crippen molar-refractivity contribution in [2.75, 3.05) is 0 Å². The lowest BCUT2D eigenvalue weighted by atomic mass is 10.0. The maximum absolute atomic E-state index is 6.08. The first-order chi connectivity index (χ1) is 11.8. The van der Waals surface area contributed by atoms with Gasteiger partial charge >= 0.3 is 0 Å². The molecule has 0 saturated heterocycles. The highest BCUT2D eigenvalue weighted by Gasteiger charge is 2.24. The Labute approximate surface area is 148 Å². The van der Waals surface area contributed by atoms with Gasteiger partial charge in [-0.25, -0.2) is 4.98 Å². The van der Waals surface area contributed by atoms with E-state index in [1.165, 1.54) is 10.3 Å². The Morgan fingerprint density at radius 2 is 1.79 bits per heavy atom. The molecule has 0 radical (unpaired) electrons. The van der Waals surface area contributed by atoms with E-state index in [0.717, 1.165) is 38.0 Å². The highest BCUT2D eigenvalue weighted by molar-refractivity contribution is 7.15.